The summed E-state index contributed by atoms with van der Waals surface area (Å²) in [5, 5.41) is 9.03. The molecule has 0 unspecified atom stereocenters. The highest BCUT2D eigenvalue weighted by Gasteiger charge is 2.11. The molecule has 0 saturated carbocycles. The zero-order chi connectivity index (χ0) is 18.2. The van der Waals surface area contributed by atoms with Crippen LogP contribution in [0.4, 0.5) is 0 Å². The van der Waals surface area contributed by atoms with Gasteiger partial charge in [0, 0.05) is 11.6 Å². The van der Waals surface area contributed by atoms with E-state index in [1.54, 1.807) is 36.4 Å². The largest absolute Gasteiger partial charge is 0.495 e. The van der Waals surface area contributed by atoms with Crippen molar-refractivity contribution < 1.29 is 19.1 Å². The molecule has 0 spiro atoms. The maximum absolute atomic E-state index is 12.0. The number of ketones is 1. The summed E-state index contributed by atoms with van der Waals surface area (Å²) >= 11 is 5.96. The number of esters is 1. The molecule has 5 nitrogen and oxygen atoms in total. The molecule has 0 aromatic heterocycles. The maximum atomic E-state index is 12.0. The molecule has 0 N–H and O–H groups in total. The van der Waals surface area contributed by atoms with E-state index in [0.717, 1.165) is 5.56 Å². The summed E-state index contributed by atoms with van der Waals surface area (Å²) in [6.07, 6.45) is 2.76. The van der Waals surface area contributed by atoms with Crippen LogP contribution in [-0.4, -0.2) is 25.5 Å². The normalized spacial score (nSPS) is 10.3. The van der Waals surface area contributed by atoms with Crippen LogP contribution in [0.5, 0.6) is 5.75 Å². The lowest BCUT2D eigenvalue weighted by Crippen LogP contribution is -2.12. The molecule has 0 aliphatic carbocycles. The number of hydrogen-bond acceptors (Lipinski definition) is 5. The fourth-order valence-electron chi connectivity index (χ4n) is 1.94. The van der Waals surface area contributed by atoms with Crippen LogP contribution < -0.4 is 4.74 Å². The summed E-state index contributed by atoms with van der Waals surface area (Å²) in [6.45, 7) is -0.390. The molecule has 126 valence electrons. The van der Waals surface area contributed by atoms with Crippen molar-refractivity contribution in [2.45, 2.75) is 0 Å². The Morgan fingerprint density at radius 3 is 2.52 bits per heavy atom. The Bertz CT molecular complexity index is 851. The van der Waals surface area contributed by atoms with Crippen LogP contribution in [0.2, 0.25) is 5.02 Å². The van der Waals surface area contributed by atoms with Gasteiger partial charge >= 0.3 is 5.97 Å². The predicted molar refractivity (Wildman–Crippen MR) is 93.5 cm³/mol. The Hall–Kier alpha value is -3.10. The number of Topliss-reactive ketones (excluding diaryl/α,β-unsaturated/α-hetero) is 1. The van der Waals surface area contributed by atoms with Crippen LogP contribution in [0.15, 0.2) is 48.5 Å². The average Bonchev–Trinajstić information content (AvgIpc) is 2.64. The summed E-state index contributed by atoms with van der Waals surface area (Å²) in [5.41, 5.74) is 1.60. The summed E-state index contributed by atoms with van der Waals surface area (Å²) in [5.74, 6) is -0.553. The quantitative estimate of drug-likeness (QED) is 0.449. The fourth-order valence-corrected chi connectivity index (χ4v) is 2.20. The van der Waals surface area contributed by atoms with Crippen molar-refractivity contribution in [2.24, 2.45) is 0 Å². The molecule has 0 aliphatic heterocycles. The van der Waals surface area contributed by atoms with Crippen LogP contribution in [0.1, 0.15) is 21.5 Å². The third-order valence-electron chi connectivity index (χ3n) is 3.27. The van der Waals surface area contributed by atoms with Gasteiger partial charge in [0.15, 0.2) is 12.4 Å². The minimum absolute atomic E-state index is 0.306. The highest BCUT2D eigenvalue weighted by atomic mass is 35.5. The van der Waals surface area contributed by atoms with Gasteiger partial charge in [0.05, 0.1) is 23.8 Å². The molecule has 0 amide bonds. The molecule has 2 aromatic rings. The second-order valence-corrected chi connectivity index (χ2v) is 5.35. The minimum Gasteiger partial charge on any atom is -0.495 e. The van der Waals surface area contributed by atoms with Crippen LogP contribution in [0, 0.1) is 11.3 Å². The first kappa shape index (κ1) is 18.2. The number of hydrogen-bond donors (Lipinski definition) is 0. The molecule has 6 heteroatoms. The van der Waals surface area contributed by atoms with Gasteiger partial charge in [0.2, 0.25) is 0 Å². The maximum Gasteiger partial charge on any atom is 0.331 e. The molecule has 0 bridgehead atoms. The van der Waals surface area contributed by atoms with Crippen molar-refractivity contribution in [3.63, 3.8) is 0 Å². The standard InChI is InChI=1S/C19H14ClNO4/c1-24-18-8-7-15(10-16(18)20)17(22)12-25-19(23)9-6-13-2-4-14(11-21)5-3-13/h2-10H,12H2,1H3/b9-6+. The Morgan fingerprint density at radius 1 is 1.20 bits per heavy atom. The van der Waals surface area contributed by atoms with Gasteiger partial charge in [0.25, 0.3) is 0 Å². The number of nitriles is 1. The average molecular weight is 356 g/mol. The van der Waals surface area contributed by atoms with Gasteiger partial charge in [-0.25, -0.2) is 4.79 Å². The molecule has 2 aromatic carbocycles. The van der Waals surface area contributed by atoms with E-state index in [1.807, 2.05) is 6.07 Å². The van der Waals surface area contributed by atoms with Gasteiger partial charge in [-0.1, -0.05) is 23.7 Å². The van der Waals surface area contributed by atoms with Gasteiger partial charge in [-0.3, -0.25) is 4.79 Å². The SMILES string of the molecule is COc1ccc(C(=O)COC(=O)/C=C/c2ccc(C#N)cc2)cc1Cl. The van der Waals surface area contributed by atoms with Crippen molar-refractivity contribution in [3.8, 4) is 11.8 Å². The van der Waals surface area contributed by atoms with Crippen molar-refractivity contribution in [1.29, 1.82) is 5.26 Å². The number of rotatable bonds is 6. The Labute approximate surface area is 150 Å². The lowest BCUT2D eigenvalue weighted by Gasteiger charge is -2.05. The molecular weight excluding hydrogens is 342 g/mol. The third-order valence-corrected chi connectivity index (χ3v) is 3.57. The van der Waals surface area contributed by atoms with E-state index < -0.39 is 5.97 Å². The number of carbonyl (C=O) groups excluding carboxylic acids is 2. The zero-order valence-electron chi connectivity index (χ0n) is 13.4. The fraction of sp³-hybridized carbons (Fsp3) is 0.105. The van der Waals surface area contributed by atoms with Gasteiger partial charge in [-0.15, -0.1) is 0 Å². The second-order valence-electron chi connectivity index (χ2n) is 4.95. The smallest absolute Gasteiger partial charge is 0.331 e. The van der Waals surface area contributed by atoms with E-state index in [4.69, 9.17) is 26.3 Å². The van der Waals surface area contributed by atoms with Crippen LogP contribution in [0.25, 0.3) is 6.08 Å². The summed E-state index contributed by atoms with van der Waals surface area (Å²) < 4.78 is 9.93. The van der Waals surface area contributed by atoms with Gasteiger partial charge in [0.1, 0.15) is 5.75 Å². The van der Waals surface area contributed by atoms with E-state index in [1.165, 1.54) is 25.3 Å². The van der Waals surface area contributed by atoms with E-state index >= 15 is 0 Å². The monoisotopic (exact) mass is 355 g/mol. The van der Waals surface area contributed by atoms with Gasteiger partial charge < -0.3 is 9.47 Å². The third kappa shape index (κ3) is 5.20. The van der Waals surface area contributed by atoms with Crippen molar-refractivity contribution in [2.75, 3.05) is 13.7 Å². The Morgan fingerprint density at radius 2 is 1.92 bits per heavy atom. The number of ether oxygens (including phenoxy) is 2. The zero-order valence-corrected chi connectivity index (χ0v) is 14.1. The number of benzene rings is 2. The molecule has 0 heterocycles. The lowest BCUT2D eigenvalue weighted by molar-refractivity contribution is -0.136. The Balaban J connectivity index is 1.90. The van der Waals surface area contributed by atoms with E-state index in [-0.39, 0.29) is 12.4 Å². The molecule has 0 fully saturated rings. The summed E-state index contributed by atoms with van der Waals surface area (Å²) in [6, 6.07) is 13.3. The van der Waals surface area contributed by atoms with Crippen LogP contribution in [0.3, 0.4) is 0 Å². The van der Waals surface area contributed by atoms with Crippen LogP contribution >= 0.6 is 11.6 Å². The molecule has 0 saturated heterocycles. The van der Waals surface area contributed by atoms with Crippen molar-refractivity contribution in [3.05, 3.63) is 70.3 Å². The minimum atomic E-state index is -0.641. The molecule has 25 heavy (non-hydrogen) atoms. The van der Waals surface area contributed by atoms with E-state index in [9.17, 15) is 9.59 Å². The topological polar surface area (TPSA) is 76.4 Å². The first-order valence-corrected chi connectivity index (χ1v) is 7.63. The van der Waals surface area contributed by atoms with Crippen LogP contribution in [-0.2, 0) is 9.53 Å². The number of methoxy groups -OCH3 is 1. The number of carbonyl (C=O) groups is 2. The second kappa shape index (κ2) is 8.67. The first-order valence-electron chi connectivity index (χ1n) is 7.25. The molecule has 0 radical (unpaired) electrons. The van der Waals surface area contributed by atoms with Gasteiger partial charge in [-0.05, 0) is 42.0 Å². The Kier molecular flexibility index (Phi) is 6.33. The highest BCUT2D eigenvalue weighted by Crippen LogP contribution is 2.25. The molecule has 2 rings (SSSR count). The lowest BCUT2D eigenvalue weighted by atomic mass is 10.1. The number of halogens is 1. The molecule has 0 aliphatic rings. The molecule has 0 atom stereocenters. The molecular formula is C19H14ClNO4. The summed E-state index contributed by atoms with van der Waals surface area (Å²) in [7, 11) is 1.48. The van der Waals surface area contributed by atoms with E-state index in [2.05, 4.69) is 0 Å². The van der Waals surface area contributed by atoms with E-state index in [0.29, 0.717) is 21.9 Å². The van der Waals surface area contributed by atoms with Gasteiger partial charge in [-0.2, -0.15) is 5.26 Å². The number of nitrogens with zero attached hydrogens (tertiary/aromatic N) is 1. The summed E-state index contributed by atoms with van der Waals surface area (Å²) in [4.78, 5) is 23.7. The first-order chi connectivity index (χ1) is 12.0. The highest BCUT2D eigenvalue weighted by molar-refractivity contribution is 6.32. The predicted octanol–water partition coefficient (Wildman–Crippen LogP) is 3.66. The van der Waals surface area contributed by atoms with Crippen molar-refractivity contribution in [1.82, 2.24) is 0 Å². The van der Waals surface area contributed by atoms with Crippen molar-refractivity contribution >= 4 is 29.4 Å².